The summed E-state index contributed by atoms with van der Waals surface area (Å²) in [6, 6.07) is 11.7. The number of carbonyl (C=O) groups is 1. The zero-order valence-corrected chi connectivity index (χ0v) is 13.0. The molecule has 0 aliphatic heterocycles. The number of carbonyl (C=O) groups excluding carboxylic acids is 1. The Morgan fingerprint density at radius 1 is 1.29 bits per heavy atom. The predicted molar refractivity (Wildman–Crippen MR) is 88.2 cm³/mol. The van der Waals surface area contributed by atoms with Gasteiger partial charge in [-0.1, -0.05) is 12.1 Å². The summed E-state index contributed by atoms with van der Waals surface area (Å²) in [5.41, 5.74) is 15.8. The Balaban J connectivity index is 1.93. The molecule has 0 saturated carbocycles. The maximum Gasteiger partial charge on any atom is 0.251 e. The van der Waals surface area contributed by atoms with E-state index in [-0.39, 0.29) is 6.04 Å². The number of rotatable bonds is 3. The van der Waals surface area contributed by atoms with E-state index in [4.69, 9.17) is 11.5 Å². The summed E-state index contributed by atoms with van der Waals surface area (Å²) in [5.74, 6) is -0.444. The van der Waals surface area contributed by atoms with Crippen LogP contribution in [0.5, 0.6) is 0 Å². The highest BCUT2D eigenvalue weighted by atomic mass is 79.9. The van der Waals surface area contributed by atoms with Gasteiger partial charge in [-0.25, -0.2) is 0 Å². The van der Waals surface area contributed by atoms with Gasteiger partial charge in [0.15, 0.2) is 0 Å². The van der Waals surface area contributed by atoms with Crippen LogP contribution in [0.25, 0.3) is 0 Å². The number of nitrogens with one attached hydrogen (secondary N) is 1. The molecule has 4 nitrogen and oxygen atoms in total. The molecular formula is C16H16BrN3O. The van der Waals surface area contributed by atoms with Crippen LogP contribution in [0.1, 0.15) is 33.9 Å². The highest BCUT2D eigenvalue weighted by molar-refractivity contribution is 9.10. The number of fused-ring (bicyclic) bond motifs is 1. The van der Waals surface area contributed by atoms with Gasteiger partial charge in [0.25, 0.3) is 5.91 Å². The molecule has 0 fully saturated rings. The van der Waals surface area contributed by atoms with Gasteiger partial charge in [0.2, 0.25) is 0 Å². The van der Waals surface area contributed by atoms with Gasteiger partial charge in [0.1, 0.15) is 0 Å². The fourth-order valence-electron chi connectivity index (χ4n) is 2.87. The summed E-state index contributed by atoms with van der Waals surface area (Å²) in [4.78, 5) is 11.6. The highest BCUT2D eigenvalue weighted by Crippen LogP contribution is 2.36. The molecule has 1 aliphatic rings. The van der Waals surface area contributed by atoms with Crippen molar-refractivity contribution in [3.63, 3.8) is 0 Å². The second-order valence-corrected chi connectivity index (χ2v) is 6.07. The molecule has 3 rings (SSSR count). The Morgan fingerprint density at radius 2 is 2.10 bits per heavy atom. The first-order valence-corrected chi connectivity index (χ1v) is 7.58. The van der Waals surface area contributed by atoms with Gasteiger partial charge in [-0.15, -0.1) is 0 Å². The lowest BCUT2D eigenvalue weighted by Crippen LogP contribution is -2.17. The molecule has 2 aromatic carbocycles. The number of primary amides is 1. The zero-order chi connectivity index (χ0) is 15.0. The normalized spacial score (nSPS) is 16.5. The number of benzene rings is 2. The first-order chi connectivity index (χ1) is 10.1. The van der Waals surface area contributed by atoms with Crippen molar-refractivity contribution in [2.75, 3.05) is 11.1 Å². The molecule has 0 saturated heterocycles. The van der Waals surface area contributed by atoms with E-state index >= 15 is 0 Å². The van der Waals surface area contributed by atoms with E-state index < -0.39 is 5.91 Å². The molecule has 21 heavy (non-hydrogen) atoms. The summed E-state index contributed by atoms with van der Waals surface area (Å²) in [7, 11) is 0. The number of anilines is 2. The monoisotopic (exact) mass is 345 g/mol. The SMILES string of the molecule is NC(=O)c1c(Br)cccc1NC1CCc2cc(N)ccc21. The maximum absolute atomic E-state index is 11.6. The minimum Gasteiger partial charge on any atom is -0.399 e. The van der Waals surface area contributed by atoms with Gasteiger partial charge < -0.3 is 16.8 Å². The van der Waals surface area contributed by atoms with Crippen molar-refractivity contribution in [3.05, 3.63) is 57.6 Å². The summed E-state index contributed by atoms with van der Waals surface area (Å²) in [6.45, 7) is 0. The fraction of sp³-hybridized carbons (Fsp3) is 0.188. The molecule has 0 bridgehead atoms. The van der Waals surface area contributed by atoms with E-state index in [1.807, 2.05) is 30.3 Å². The third-order valence-electron chi connectivity index (χ3n) is 3.83. The summed E-state index contributed by atoms with van der Waals surface area (Å²) in [5, 5.41) is 3.44. The van der Waals surface area contributed by atoms with E-state index in [0.717, 1.165) is 24.2 Å². The van der Waals surface area contributed by atoms with Crippen LogP contribution in [0.2, 0.25) is 0 Å². The first-order valence-electron chi connectivity index (χ1n) is 6.79. The average Bonchev–Trinajstić information content (AvgIpc) is 2.80. The maximum atomic E-state index is 11.6. The van der Waals surface area contributed by atoms with Gasteiger partial charge in [-0.05, 0) is 64.2 Å². The number of hydrogen-bond acceptors (Lipinski definition) is 3. The number of amides is 1. The Hall–Kier alpha value is -2.01. The number of aryl methyl sites for hydroxylation is 1. The van der Waals surface area contributed by atoms with Crippen LogP contribution >= 0.6 is 15.9 Å². The van der Waals surface area contributed by atoms with Crippen molar-refractivity contribution in [3.8, 4) is 0 Å². The Kier molecular flexibility index (Phi) is 3.59. The number of halogens is 1. The van der Waals surface area contributed by atoms with Crippen LogP contribution in [-0.2, 0) is 6.42 Å². The summed E-state index contributed by atoms with van der Waals surface area (Å²) in [6.07, 6.45) is 1.96. The minimum atomic E-state index is -0.444. The topological polar surface area (TPSA) is 81.1 Å². The van der Waals surface area contributed by atoms with Crippen molar-refractivity contribution in [1.82, 2.24) is 0 Å². The molecule has 0 aromatic heterocycles. The van der Waals surface area contributed by atoms with Crippen molar-refractivity contribution in [2.45, 2.75) is 18.9 Å². The molecule has 5 N–H and O–H groups in total. The molecule has 0 radical (unpaired) electrons. The lowest BCUT2D eigenvalue weighted by atomic mass is 10.1. The first kappa shape index (κ1) is 13.9. The van der Waals surface area contributed by atoms with Crippen molar-refractivity contribution < 1.29 is 4.79 Å². The lowest BCUT2D eigenvalue weighted by Gasteiger charge is -2.18. The molecule has 1 amide bonds. The van der Waals surface area contributed by atoms with Crippen molar-refractivity contribution in [1.29, 1.82) is 0 Å². The van der Waals surface area contributed by atoms with E-state index in [0.29, 0.717) is 10.0 Å². The molecule has 108 valence electrons. The average molecular weight is 346 g/mol. The molecule has 2 aromatic rings. The van der Waals surface area contributed by atoms with E-state index in [1.54, 1.807) is 0 Å². The molecule has 5 heteroatoms. The second kappa shape index (κ2) is 5.41. The molecular weight excluding hydrogens is 330 g/mol. The Bertz CT molecular complexity index is 715. The van der Waals surface area contributed by atoms with Crippen LogP contribution in [0.15, 0.2) is 40.9 Å². The number of nitrogen functional groups attached to an aromatic ring is 1. The van der Waals surface area contributed by atoms with Crippen LogP contribution < -0.4 is 16.8 Å². The van der Waals surface area contributed by atoms with Crippen molar-refractivity contribution >= 4 is 33.2 Å². The third kappa shape index (κ3) is 2.61. The minimum absolute atomic E-state index is 0.174. The number of hydrogen-bond donors (Lipinski definition) is 3. The van der Waals surface area contributed by atoms with E-state index in [9.17, 15) is 4.79 Å². The van der Waals surface area contributed by atoms with Gasteiger partial charge in [-0.3, -0.25) is 4.79 Å². The zero-order valence-electron chi connectivity index (χ0n) is 11.4. The highest BCUT2D eigenvalue weighted by Gasteiger charge is 2.24. The smallest absolute Gasteiger partial charge is 0.251 e. The molecule has 1 atom stereocenters. The van der Waals surface area contributed by atoms with Crippen LogP contribution in [0, 0.1) is 0 Å². The third-order valence-corrected chi connectivity index (χ3v) is 4.50. The van der Waals surface area contributed by atoms with E-state index in [2.05, 4.69) is 27.3 Å². The van der Waals surface area contributed by atoms with E-state index in [1.165, 1.54) is 11.1 Å². The number of nitrogens with two attached hydrogens (primary N) is 2. The van der Waals surface area contributed by atoms with Gasteiger partial charge >= 0.3 is 0 Å². The molecule has 1 aliphatic carbocycles. The standard InChI is InChI=1S/C16H16BrN3O/c17-12-2-1-3-14(15(12)16(19)21)20-13-7-4-9-8-10(18)5-6-11(9)13/h1-3,5-6,8,13,20H,4,7,18H2,(H2,19,21). The fourth-order valence-corrected chi connectivity index (χ4v) is 3.43. The van der Waals surface area contributed by atoms with Gasteiger partial charge in [0, 0.05) is 15.8 Å². The van der Waals surface area contributed by atoms with Crippen molar-refractivity contribution in [2.24, 2.45) is 5.73 Å². The molecule has 0 heterocycles. The Morgan fingerprint density at radius 3 is 2.86 bits per heavy atom. The summed E-state index contributed by atoms with van der Waals surface area (Å²) >= 11 is 3.38. The Labute approximate surface area is 131 Å². The second-order valence-electron chi connectivity index (χ2n) is 5.22. The molecule has 0 spiro atoms. The van der Waals surface area contributed by atoms with Gasteiger partial charge in [-0.2, -0.15) is 0 Å². The lowest BCUT2D eigenvalue weighted by molar-refractivity contribution is 0.100. The van der Waals surface area contributed by atoms with Gasteiger partial charge in [0.05, 0.1) is 11.6 Å². The van der Waals surface area contributed by atoms with Crippen LogP contribution in [0.3, 0.4) is 0 Å². The predicted octanol–water partition coefficient (Wildman–Crippen LogP) is 3.23. The quantitative estimate of drug-likeness (QED) is 0.747. The largest absolute Gasteiger partial charge is 0.399 e. The van der Waals surface area contributed by atoms with Crippen LogP contribution in [0.4, 0.5) is 11.4 Å². The summed E-state index contributed by atoms with van der Waals surface area (Å²) < 4.78 is 0.704. The van der Waals surface area contributed by atoms with Crippen LogP contribution in [-0.4, -0.2) is 5.91 Å². The molecule has 1 unspecified atom stereocenters.